The van der Waals surface area contributed by atoms with E-state index in [1.165, 1.54) is 6.42 Å². The predicted molar refractivity (Wildman–Crippen MR) is 68.5 cm³/mol. The van der Waals surface area contributed by atoms with Crippen LogP contribution in [0.25, 0.3) is 0 Å². The van der Waals surface area contributed by atoms with Gasteiger partial charge in [0.25, 0.3) is 0 Å². The molecule has 2 nitrogen and oxygen atoms in total. The lowest BCUT2D eigenvalue weighted by atomic mass is 9.81. The van der Waals surface area contributed by atoms with Gasteiger partial charge in [0.05, 0.1) is 6.61 Å². The van der Waals surface area contributed by atoms with E-state index in [9.17, 15) is 5.11 Å². The topological polar surface area (TPSA) is 23.5 Å². The number of aliphatic hydroxyl groups excluding tert-OH is 1. The maximum atomic E-state index is 9.26. The van der Waals surface area contributed by atoms with E-state index in [0.717, 1.165) is 25.3 Å². The Bertz CT molecular complexity index is 191. The van der Waals surface area contributed by atoms with E-state index >= 15 is 0 Å². The van der Waals surface area contributed by atoms with Crippen LogP contribution in [0.2, 0.25) is 0 Å². The van der Waals surface area contributed by atoms with Crippen molar-refractivity contribution in [2.24, 2.45) is 11.3 Å². The Labute approximate surface area is 99.5 Å². The van der Waals surface area contributed by atoms with E-state index in [0.29, 0.717) is 24.0 Å². The molecule has 0 radical (unpaired) electrons. The average molecular weight is 231 g/mol. The number of likely N-dealkylation sites (tertiary alicyclic amines) is 1. The highest BCUT2D eigenvalue weighted by Gasteiger charge is 2.30. The molecular weight excluding hydrogens is 206 g/mol. The minimum Gasteiger partial charge on any atom is -0.395 e. The quantitative estimate of drug-likeness (QED) is 0.723. The van der Waals surface area contributed by atoms with Crippen LogP contribution in [0.1, 0.15) is 33.6 Å². The normalized spacial score (nSPS) is 25.8. The zero-order valence-corrected chi connectivity index (χ0v) is 11.1. The van der Waals surface area contributed by atoms with Gasteiger partial charge in [-0.3, -0.25) is 4.90 Å². The fourth-order valence-electron chi connectivity index (χ4n) is 2.23. The highest BCUT2D eigenvalue weighted by molar-refractivity contribution is 7.80. The van der Waals surface area contributed by atoms with Gasteiger partial charge in [0.15, 0.2) is 0 Å². The average Bonchev–Trinajstić information content (AvgIpc) is 2.59. The lowest BCUT2D eigenvalue weighted by Crippen LogP contribution is -2.40. The molecule has 2 unspecified atom stereocenters. The zero-order chi connectivity index (χ0) is 11.5. The number of nitrogens with zero attached hydrogens (tertiary/aromatic N) is 1. The molecule has 2 atom stereocenters. The van der Waals surface area contributed by atoms with Crippen molar-refractivity contribution in [1.29, 1.82) is 0 Å². The van der Waals surface area contributed by atoms with Crippen LogP contribution < -0.4 is 0 Å². The van der Waals surface area contributed by atoms with Crippen LogP contribution in [0.4, 0.5) is 0 Å². The first kappa shape index (κ1) is 13.3. The predicted octanol–water partition coefficient (Wildman–Crippen LogP) is 2.04. The Kier molecular flexibility index (Phi) is 4.94. The summed E-state index contributed by atoms with van der Waals surface area (Å²) in [5, 5.41) is 9.26. The third-order valence-corrected chi connectivity index (χ3v) is 4.05. The first-order valence-corrected chi connectivity index (χ1v) is 6.58. The Balaban J connectivity index is 2.51. The Morgan fingerprint density at radius 3 is 2.60 bits per heavy atom. The number of thiol groups is 1. The van der Waals surface area contributed by atoms with E-state index in [1.807, 2.05) is 0 Å². The molecule has 90 valence electrons. The highest BCUT2D eigenvalue weighted by atomic mass is 32.1. The molecule has 1 N–H and O–H groups in total. The second kappa shape index (κ2) is 5.55. The van der Waals surface area contributed by atoms with Crippen molar-refractivity contribution in [2.75, 3.05) is 25.4 Å². The number of hydrogen-bond donors (Lipinski definition) is 2. The summed E-state index contributed by atoms with van der Waals surface area (Å²) >= 11 is 4.45. The minimum atomic E-state index is 0.309. The number of rotatable bonds is 4. The molecule has 0 amide bonds. The summed E-state index contributed by atoms with van der Waals surface area (Å²) in [6.45, 7) is 9.36. The molecule has 1 aliphatic rings. The van der Waals surface area contributed by atoms with Crippen LogP contribution >= 0.6 is 12.6 Å². The van der Waals surface area contributed by atoms with Gasteiger partial charge in [0, 0.05) is 12.6 Å². The molecule has 1 rings (SSSR count). The Morgan fingerprint density at radius 1 is 1.47 bits per heavy atom. The number of aliphatic hydroxyl groups is 1. The molecule has 0 aromatic heterocycles. The van der Waals surface area contributed by atoms with Gasteiger partial charge in [-0.1, -0.05) is 20.8 Å². The molecule has 0 saturated carbocycles. The summed E-state index contributed by atoms with van der Waals surface area (Å²) in [4.78, 5) is 2.44. The molecule has 0 aliphatic carbocycles. The zero-order valence-electron chi connectivity index (χ0n) is 10.2. The molecule has 0 aromatic rings. The van der Waals surface area contributed by atoms with E-state index < -0.39 is 0 Å². The summed E-state index contributed by atoms with van der Waals surface area (Å²) in [6, 6.07) is 0.398. The van der Waals surface area contributed by atoms with Gasteiger partial charge >= 0.3 is 0 Å². The van der Waals surface area contributed by atoms with Gasteiger partial charge in [-0.15, -0.1) is 0 Å². The monoisotopic (exact) mass is 231 g/mol. The summed E-state index contributed by atoms with van der Waals surface area (Å²) in [7, 11) is 0. The summed E-state index contributed by atoms with van der Waals surface area (Å²) < 4.78 is 0. The fraction of sp³-hybridized carbons (Fsp3) is 1.00. The van der Waals surface area contributed by atoms with Crippen molar-refractivity contribution in [2.45, 2.75) is 39.7 Å². The van der Waals surface area contributed by atoms with Crippen molar-refractivity contribution >= 4 is 12.6 Å². The third-order valence-electron chi connectivity index (χ3n) is 3.61. The van der Waals surface area contributed by atoms with Crippen LogP contribution in [0.15, 0.2) is 0 Å². The Hall–Kier alpha value is 0.270. The van der Waals surface area contributed by atoms with E-state index in [1.54, 1.807) is 0 Å². The molecule has 3 heteroatoms. The smallest absolute Gasteiger partial charge is 0.0586 e. The molecule has 1 heterocycles. The van der Waals surface area contributed by atoms with Gasteiger partial charge in [0.1, 0.15) is 0 Å². The SMILES string of the molecule is CC(C)(C)C(CS)CN1CCCC1CO. The van der Waals surface area contributed by atoms with Crippen LogP contribution in [0, 0.1) is 11.3 Å². The van der Waals surface area contributed by atoms with Crippen molar-refractivity contribution in [3.8, 4) is 0 Å². The van der Waals surface area contributed by atoms with Crippen LogP contribution in [-0.4, -0.2) is 41.5 Å². The van der Waals surface area contributed by atoms with Crippen molar-refractivity contribution < 1.29 is 5.11 Å². The molecule has 1 fully saturated rings. The standard InChI is InChI=1S/C12H25NOS/c1-12(2,3)10(9-15)7-13-6-4-5-11(13)8-14/h10-11,14-15H,4-9H2,1-3H3. The van der Waals surface area contributed by atoms with Gasteiger partial charge < -0.3 is 5.11 Å². The van der Waals surface area contributed by atoms with Crippen LogP contribution in [0.3, 0.4) is 0 Å². The van der Waals surface area contributed by atoms with E-state index in [4.69, 9.17) is 0 Å². The molecule has 0 spiro atoms. The van der Waals surface area contributed by atoms with E-state index in [-0.39, 0.29) is 0 Å². The van der Waals surface area contributed by atoms with Crippen molar-refractivity contribution in [3.05, 3.63) is 0 Å². The van der Waals surface area contributed by atoms with Gasteiger partial charge in [0.2, 0.25) is 0 Å². The summed E-state index contributed by atoms with van der Waals surface area (Å²) in [5.74, 6) is 1.53. The number of hydrogen-bond acceptors (Lipinski definition) is 3. The summed E-state index contributed by atoms with van der Waals surface area (Å²) in [6.07, 6.45) is 2.38. The summed E-state index contributed by atoms with van der Waals surface area (Å²) in [5.41, 5.74) is 0.310. The molecule has 0 bridgehead atoms. The maximum absolute atomic E-state index is 9.26. The van der Waals surface area contributed by atoms with Crippen LogP contribution in [0.5, 0.6) is 0 Å². The second-order valence-corrected chi connectivity index (χ2v) is 6.08. The second-order valence-electron chi connectivity index (χ2n) is 5.72. The highest BCUT2D eigenvalue weighted by Crippen LogP contribution is 2.30. The molecule has 15 heavy (non-hydrogen) atoms. The first-order chi connectivity index (χ1) is 6.99. The largest absolute Gasteiger partial charge is 0.395 e. The Morgan fingerprint density at radius 2 is 2.13 bits per heavy atom. The lowest BCUT2D eigenvalue weighted by Gasteiger charge is -2.35. The van der Waals surface area contributed by atoms with E-state index in [2.05, 4.69) is 38.3 Å². The van der Waals surface area contributed by atoms with Crippen LogP contribution in [-0.2, 0) is 0 Å². The maximum Gasteiger partial charge on any atom is 0.0586 e. The molecular formula is C12H25NOS. The van der Waals surface area contributed by atoms with Crippen molar-refractivity contribution in [3.63, 3.8) is 0 Å². The molecule has 0 aromatic carbocycles. The lowest BCUT2D eigenvalue weighted by molar-refractivity contribution is 0.116. The van der Waals surface area contributed by atoms with Gasteiger partial charge in [-0.25, -0.2) is 0 Å². The third kappa shape index (κ3) is 3.65. The van der Waals surface area contributed by atoms with Gasteiger partial charge in [-0.2, -0.15) is 12.6 Å². The molecule has 1 saturated heterocycles. The fourth-order valence-corrected chi connectivity index (χ4v) is 2.89. The minimum absolute atomic E-state index is 0.309. The van der Waals surface area contributed by atoms with Crippen molar-refractivity contribution in [1.82, 2.24) is 4.90 Å². The molecule has 1 aliphatic heterocycles. The van der Waals surface area contributed by atoms with Gasteiger partial charge in [-0.05, 0) is 36.5 Å². The first-order valence-electron chi connectivity index (χ1n) is 5.94.